The predicted molar refractivity (Wildman–Crippen MR) is 88.3 cm³/mol. The zero-order valence-electron chi connectivity index (χ0n) is 8.36. The van der Waals surface area contributed by atoms with Gasteiger partial charge in [0.25, 0.3) is 0 Å². The van der Waals surface area contributed by atoms with Gasteiger partial charge in [0.2, 0.25) is 7.59 Å². The minimum absolute atomic E-state index is 0.0546. The van der Waals surface area contributed by atoms with Crippen LogP contribution in [0.15, 0.2) is 0 Å². The summed E-state index contributed by atoms with van der Waals surface area (Å²) in [6, 6.07) is 0. The topological polar surface area (TPSA) is 0 Å². The van der Waals surface area contributed by atoms with E-state index in [4.69, 9.17) is 128 Å². The molecule has 0 spiro atoms. The SMILES string of the molecule is CCC(Cl)(Cl)C(Cl)(Cl)C(Cl)(C(Cl)(Cl)Cl)C(Cl)(Cl)Cl. The van der Waals surface area contributed by atoms with Crippen LogP contribution in [0, 0.1) is 0 Å². The highest BCUT2D eigenvalue weighted by Crippen LogP contribution is 2.68. The Labute approximate surface area is 160 Å². The van der Waals surface area contributed by atoms with Gasteiger partial charge in [0, 0.05) is 0 Å². The summed E-state index contributed by atoms with van der Waals surface area (Å²) in [4.78, 5) is -2.41. The van der Waals surface area contributed by atoms with Crippen molar-refractivity contribution in [2.24, 2.45) is 0 Å². The van der Waals surface area contributed by atoms with Crippen LogP contribution in [0.25, 0.3) is 0 Å². The molecule has 0 amide bonds. The van der Waals surface area contributed by atoms with Crippen molar-refractivity contribution in [2.45, 2.75) is 34.5 Å². The molecule has 0 bridgehead atoms. The van der Waals surface area contributed by atoms with Gasteiger partial charge in [-0.15, -0.1) is 11.6 Å². The number of halogens is 11. The standard InChI is InChI=1S/C7H5Cl11/c1-2-3(8,9)5(11,12)4(10,6(13,14)15)7(16,17)18/h2H2,1H3. The first-order valence-corrected chi connectivity index (χ1v) is 8.30. The molecule has 0 aliphatic carbocycles. The van der Waals surface area contributed by atoms with Crippen LogP contribution in [-0.4, -0.2) is 21.1 Å². The molecule has 0 aromatic carbocycles. The summed E-state index contributed by atoms with van der Waals surface area (Å²) in [6.45, 7) is 1.58. The van der Waals surface area contributed by atoms with E-state index in [0.29, 0.717) is 0 Å². The third kappa shape index (κ3) is 3.57. The summed E-state index contributed by atoms with van der Waals surface area (Å²) in [5.41, 5.74) is 0. The Hall–Kier alpha value is 3.19. The largest absolute Gasteiger partial charge is 0.216 e. The van der Waals surface area contributed by atoms with Crippen molar-refractivity contribution in [3.63, 3.8) is 0 Å². The monoisotopic (exact) mass is 474 g/mol. The molecule has 0 aliphatic rings. The summed E-state index contributed by atoms with van der Waals surface area (Å²) in [6.07, 6.45) is 0.0546. The fraction of sp³-hybridized carbons (Fsp3) is 1.00. The fourth-order valence-electron chi connectivity index (χ4n) is 0.991. The van der Waals surface area contributed by atoms with Crippen LogP contribution in [0.4, 0.5) is 0 Å². The number of hydrogen-bond acceptors (Lipinski definition) is 0. The van der Waals surface area contributed by atoms with Crippen LogP contribution in [0.5, 0.6) is 0 Å². The molecule has 0 heterocycles. The van der Waals surface area contributed by atoms with E-state index in [1.165, 1.54) is 0 Å². The van der Waals surface area contributed by atoms with Crippen molar-refractivity contribution in [3.05, 3.63) is 0 Å². The molecule has 0 nitrogen and oxygen atoms in total. The number of rotatable bonds is 3. The Morgan fingerprint density at radius 3 is 1.06 bits per heavy atom. The van der Waals surface area contributed by atoms with E-state index in [1.54, 1.807) is 6.92 Å². The zero-order valence-corrected chi connectivity index (χ0v) is 16.7. The van der Waals surface area contributed by atoms with Crippen molar-refractivity contribution in [1.82, 2.24) is 0 Å². The van der Waals surface area contributed by atoms with Crippen LogP contribution < -0.4 is 0 Å². The minimum atomic E-state index is -2.41. The highest BCUT2D eigenvalue weighted by atomic mass is 35.6. The summed E-state index contributed by atoms with van der Waals surface area (Å²) >= 11 is 64.6. The van der Waals surface area contributed by atoms with Crippen LogP contribution in [-0.2, 0) is 0 Å². The normalized spacial score (nSPS) is 16.0. The highest BCUT2D eigenvalue weighted by Gasteiger charge is 2.75. The van der Waals surface area contributed by atoms with E-state index in [9.17, 15) is 0 Å². The van der Waals surface area contributed by atoms with E-state index in [0.717, 1.165) is 0 Å². The lowest BCUT2D eigenvalue weighted by Gasteiger charge is -2.50. The Morgan fingerprint density at radius 2 is 0.889 bits per heavy atom. The molecule has 0 radical (unpaired) electrons. The van der Waals surface area contributed by atoms with E-state index in [2.05, 4.69) is 0 Å². The van der Waals surface area contributed by atoms with Gasteiger partial charge in [0.05, 0.1) is 0 Å². The zero-order chi connectivity index (χ0) is 15.2. The molecular weight excluding hydrogens is 474 g/mol. The maximum Gasteiger partial charge on any atom is 0.216 e. The Bertz CT molecular complexity index is 281. The van der Waals surface area contributed by atoms with Crippen LogP contribution >= 0.6 is 128 Å². The van der Waals surface area contributed by atoms with Gasteiger partial charge >= 0.3 is 0 Å². The molecule has 0 rings (SSSR count). The quantitative estimate of drug-likeness (QED) is 0.369. The highest BCUT2D eigenvalue weighted by molar-refractivity contribution is 6.81. The fourth-order valence-corrected chi connectivity index (χ4v) is 5.08. The molecule has 0 unspecified atom stereocenters. The molecule has 11 heteroatoms. The maximum atomic E-state index is 6.12. The van der Waals surface area contributed by atoms with Gasteiger partial charge in [-0.1, -0.05) is 123 Å². The summed E-state index contributed by atoms with van der Waals surface area (Å²) in [5.74, 6) is 0. The molecule has 0 N–H and O–H groups in total. The first-order valence-electron chi connectivity index (χ1n) is 4.14. The van der Waals surface area contributed by atoms with Gasteiger partial charge in [0.1, 0.15) is 0 Å². The molecule has 18 heavy (non-hydrogen) atoms. The summed E-state index contributed by atoms with van der Waals surface area (Å²) in [7, 11) is 0. The molecule has 110 valence electrons. The van der Waals surface area contributed by atoms with Crippen molar-refractivity contribution < 1.29 is 0 Å². The van der Waals surface area contributed by atoms with E-state index >= 15 is 0 Å². The van der Waals surface area contributed by atoms with E-state index < -0.39 is 21.1 Å². The smallest absolute Gasteiger partial charge is 0.106 e. The van der Waals surface area contributed by atoms with Crippen LogP contribution in [0.2, 0.25) is 0 Å². The average molecular weight is 479 g/mol. The van der Waals surface area contributed by atoms with Gasteiger partial charge in [-0.2, -0.15) is 0 Å². The lowest BCUT2D eigenvalue weighted by atomic mass is 10.0. The van der Waals surface area contributed by atoms with Gasteiger partial charge in [0.15, 0.2) is 13.5 Å². The lowest BCUT2D eigenvalue weighted by Crippen LogP contribution is -2.65. The molecular formula is C7H5Cl11. The Balaban J connectivity index is 6.10. The molecule has 0 atom stereocenters. The molecule has 0 aromatic rings. The first kappa shape index (κ1) is 21.2. The molecule has 0 aliphatic heterocycles. The van der Waals surface area contributed by atoms with Gasteiger partial charge in [-0.25, -0.2) is 0 Å². The third-order valence-electron chi connectivity index (χ3n) is 2.12. The van der Waals surface area contributed by atoms with E-state index in [1.807, 2.05) is 0 Å². The number of alkyl halides is 11. The van der Waals surface area contributed by atoms with Crippen LogP contribution in [0.1, 0.15) is 13.3 Å². The van der Waals surface area contributed by atoms with Crippen molar-refractivity contribution in [3.8, 4) is 0 Å². The van der Waals surface area contributed by atoms with Crippen molar-refractivity contribution in [1.29, 1.82) is 0 Å². The maximum absolute atomic E-state index is 6.12. The Kier molecular flexibility index (Phi) is 7.49. The molecule has 0 fully saturated rings. The van der Waals surface area contributed by atoms with E-state index in [-0.39, 0.29) is 6.42 Å². The predicted octanol–water partition coefficient (Wildman–Crippen LogP) is 7.46. The van der Waals surface area contributed by atoms with Crippen molar-refractivity contribution >= 4 is 128 Å². The minimum Gasteiger partial charge on any atom is -0.106 e. The third-order valence-corrected chi connectivity index (χ3v) is 8.14. The second kappa shape index (κ2) is 6.36. The summed E-state index contributed by atoms with van der Waals surface area (Å²) < 4.78 is -8.84. The Morgan fingerprint density at radius 1 is 0.611 bits per heavy atom. The van der Waals surface area contributed by atoms with Gasteiger partial charge < -0.3 is 0 Å². The second-order valence-corrected chi connectivity index (χ2v) is 11.2. The number of hydrogen-bond donors (Lipinski definition) is 0. The lowest BCUT2D eigenvalue weighted by molar-refractivity contribution is 0.465. The van der Waals surface area contributed by atoms with Gasteiger partial charge in [-0.05, 0) is 6.42 Å². The van der Waals surface area contributed by atoms with Gasteiger partial charge in [-0.3, -0.25) is 0 Å². The first-order chi connectivity index (χ1) is 7.56. The second-order valence-electron chi connectivity index (χ2n) is 3.29. The molecule has 0 saturated heterocycles. The van der Waals surface area contributed by atoms with Crippen LogP contribution in [0.3, 0.4) is 0 Å². The van der Waals surface area contributed by atoms with Crippen molar-refractivity contribution in [2.75, 3.05) is 0 Å². The summed E-state index contributed by atoms with van der Waals surface area (Å²) in [5, 5.41) is 0. The molecule has 0 aromatic heterocycles. The molecule has 0 saturated carbocycles. The average Bonchev–Trinajstić information content (AvgIpc) is 2.12.